The molecule has 0 saturated heterocycles. The Bertz CT molecular complexity index is 291. The lowest BCUT2D eigenvalue weighted by atomic mass is 9.97. The Morgan fingerprint density at radius 3 is 2.24 bits per heavy atom. The van der Waals surface area contributed by atoms with Gasteiger partial charge in [-0.3, -0.25) is 0 Å². The van der Waals surface area contributed by atoms with Crippen molar-refractivity contribution in [3.63, 3.8) is 0 Å². The average molecular weight is 236 g/mol. The Kier molecular flexibility index (Phi) is 8.79. The molecule has 0 radical (unpaired) electrons. The molecule has 0 aromatic rings. The maximum Gasteiger partial charge on any atom is 0.0615 e. The quantitative estimate of drug-likeness (QED) is 0.638. The van der Waals surface area contributed by atoms with E-state index in [1.807, 2.05) is 6.08 Å². The van der Waals surface area contributed by atoms with Crippen molar-refractivity contribution in [2.75, 3.05) is 6.61 Å². The summed E-state index contributed by atoms with van der Waals surface area (Å²) >= 11 is 0. The predicted molar refractivity (Wildman–Crippen MR) is 77.0 cm³/mol. The topological polar surface area (TPSA) is 20.2 Å². The summed E-state index contributed by atoms with van der Waals surface area (Å²) < 4.78 is 0. The average Bonchev–Trinajstić information content (AvgIpc) is 2.25. The lowest BCUT2D eigenvalue weighted by Crippen LogP contribution is -1.96. The van der Waals surface area contributed by atoms with E-state index in [2.05, 4.69) is 46.8 Å². The number of hydrogen-bond acceptors (Lipinski definition) is 1. The minimum atomic E-state index is 0.152. The molecule has 0 aromatic carbocycles. The Hall–Kier alpha value is -0.820. The molecule has 0 bridgehead atoms. The molecule has 1 atom stereocenters. The van der Waals surface area contributed by atoms with Crippen LogP contribution in [0.5, 0.6) is 0 Å². The van der Waals surface area contributed by atoms with E-state index in [1.165, 1.54) is 16.7 Å². The highest BCUT2D eigenvalue weighted by atomic mass is 16.2. The number of allylic oxidation sites excluding steroid dienone is 5. The van der Waals surface area contributed by atoms with E-state index in [4.69, 9.17) is 5.11 Å². The molecular formula is C16H28O. The van der Waals surface area contributed by atoms with Crippen LogP contribution >= 0.6 is 0 Å². The minimum Gasteiger partial charge on any atom is -0.392 e. The molecule has 0 aliphatic heterocycles. The van der Waals surface area contributed by atoms with E-state index in [0.29, 0.717) is 5.92 Å². The largest absolute Gasteiger partial charge is 0.392 e. The molecule has 0 spiro atoms. The molecule has 1 heteroatoms. The van der Waals surface area contributed by atoms with Crippen LogP contribution in [-0.2, 0) is 0 Å². The standard InChI is InChI=1S/C16H28O/c1-13(2)7-6-8-14(3)9-10-15(4)16(5)11-12-17/h7,9,11,15,17H,6,8,10,12H2,1-5H3/b14-9+,16-11+. The number of aliphatic hydroxyl groups excluding tert-OH is 1. The minimum absolute atomic E-state index is 0.152. The van der Waals surface area contributed by atoms with Crippen molar-refractivity contribution in [1.29, 1.82) is 0 Å². The molecular weight excluding hydrogens is 208 g/mol. The molecule has 0 fully saturated rings. The first-order chi connectivity index (χ1) is 7.97. The Morgan fingerprint density at radius 1 is 1.06 bits per heavy atom. The highest BCUT2D eigenvalue weighted by Crippen LogP contribution is 2.17. The fourth-order valence-electron chi connectivity index (χ4n) is 1.60. The normalized spacial score (nSPS) is 14.7. The number of rotatable bonds is 7. The van der Waals surface area contributed by atoms with Gasteiger partial charge in [0.1, 0.15) is 0 Å². The molecule has 0 amide bonds. The predicted octanol–water partition coefficient (Wildman–Crippen LogP) is 4.64. The second kappa shape index (κ2) is 9.23. The molecule has 1 nitrogen and oxygen atoms in total. The summed E-state index contributed by atoms with van der Waals surface area (Å²) in [6, 6.07) is 0. The summed E-state index contributed by atoms with van der Waals surface area (Å²) in [4.78, 5) is 0. The van der Waals surface area contributed by atoms with Gasteiger partial charge in [-0.15, -0.1) is 0 Å². The van der Waals surface area contributed by atoms with Crippen LogP contribution in [0.15, 0.2) is 34.9 Å². The first-order valence-electron chi connectivity index (χ1n) is 6.53. The van der Waals surface area contributed by atoms with Crippen molar-refractivity contribution in [1.82, 2.24) is 0 Å². The van der Waals surface area contributed by atoms with Crippen LogP contribution in [0.4, 0.5) is 0 Å². The van der Waals surface area contributed by atoms with Crippen molar-refractivity contribution in [2.24, 2.45) is 5.92 Å². The molecule has 0 rings (SSSR count). The van der Waals surface area contributed by atoms with Gasteiger partial charge >= 0.3 is 0 Å². The van der Waals surface area contributed by atoms with Crippen molar-refractivity contribution < 1.29 is 5.11 Å². The molecule has 17 heavy (non-hydrogen) atoms. The van der Waals surface area contributed by atoms with E-state index in [0.717, 1.165) is 19.3 Å². The van der Waals surface area contributed by atoms with Crippen molar-refractivity contribution in [3.05, 3.63) is 34.9 Å². The van der Waals surface area contributed by atoms with Crippen LogP contribution < -0.4 is 0 Å². The van der Waals surface area contributed by atoms with Gasteiger partial charge in [0.15, 0.2) is 0 Å². The third-order valence-electron chi connectivity index (χ3n) is 3.10. The van der Waals surface area contributed by atoms with Gasteiger partial charge < -0.3 is 5.11 Å². The summed E-state index contributed by atoms with van der Waals surface area (Å²) in [5, 5.41) is 8.83. The number of hydrogen-bond donors (Lipinski definition) is 1. The van der Waals surface area contributed by atoms with Crippen LogP contribution in [0, 0.1) is 5.92 Å². The lowest BCUT2D eigenvalue weighted by Gasteiger charge is -2.10. The van der Waals surface area contributed by atoms with Crippen LogP contribution in [-0.4, -0.2) is 11.7 Å². The highest BCUT2D eigenvalue weighted by molar-refractivity contribution is 5.08. The SMILES string of the molecule is CC(C)=CCC/C(C)=C/CC(C)/C(C)=C/CO. The first-order valence-corrected chi connectivity index (χ1v) is 6.53. The van der Waals surface area contributed by atoms with E-state index in [-0.39, 0.29) is 6.61 Å². The molecule has 0 saturated carbocycles. The zero-order valence-electron chi connectivity index (χ0n) is 12.1. The Labute approximate surface area is 107 Å². The fourth-order valence-corrected chi connectivity index (χ4v) is 1.60. The molecule has 0 aliphatic rings. The van der Waals surface area contributed by atoms with Gasteiger partial charge in [-0.1, -0.05) is 41.9 Å². The maximum absolute atomic E-state index is 8.83. The zero-order chi connectivity index (χ0) is 13.3. The molecule has 1 N–H and O–H groups in total. The van der Waals surface area contributed by atoms with Crippen LogP contribution in [0.2, 0.25) is 0 Å². The highest BCUT2D eigenvalue weighted by Gasteiger charge is 2.01. The van der Waals surface area contributed by atoms with E-state index >= 15 is 0 Å². The second-order valence-electron chi connectivity index (χ2n) is 5.14. The Morgan fingerprint density at radius 2 is 1.71 bits per heavy atom. The zero-order valence-corrected chi connectivity index (χ0v) is 12.1. The second-order valence-corrected chi connectivity index (χ2v) is 5.14. The number of aliphatic hydroxyl groups is 1. The van der Waals surface area contributed by atoms with Crippen molar-refractivity contribution in [2.45, 2.75) is 53.9 Å². The van der Waals surface area contributed by atoms with Crippen LogP contribution in [0.1, 0.15) is 53.9 Å². The van der Waals surface area contributed by atoms with Gasteiger partial charge in [-0.25, -0.2) is 0 Å². The van der Waals surface area contributed by atoms with Gasteiger partial charge in [-0.2, -0.15) is 0 Å². The monoisotopic (exact) mass is 236 g/mol. The third kappa shape index (κ3) is 8.93. The van der Waals surface area contributed by atoms with Gasteiger partial charge in [0.25, 0.3) is 0 Å². The molecule has 98 valence electrons. The third-order valence-corrected chi connectivity index (χ3v) is 3.10. The maximum atomic E-state index is 8.83. The molecule has 0 aliphatic carbocycles. The van der Waals surface area contributed by atoms with Gasteiger partial charge in [0.05, 0.1) is 6.61 Å². The van der Waals surface area contributed by atoms with Crippen LogP contribution in [0.3, 0.4) is 0 Å². The summed E-state index contributed by atoms with van der Waals surface area (Å²) in [6.45, 7) is 10.9. The van der Waals surface area contributed by atoms with Crippen molar-refractivity contribution >= 4 is 0 Å². The smallest absolute Gasteiger partial charge is 0.0615 e. The summed E-state index contributed by atoms with van der Waals surface area (Å²) in [5.41, 5.74) is 4.14. The molecule has 0 aromatic heterocycles. The van der Waals surface area contributed by atoms with E-state index in [9.17, 15) is 0 Å². The molecule has 0 heterocycles. The first kappa shape index (κ1) is 16.2. The summed E-state index contributed by atoms with van der Waals surface area (Å²) in [5.74, 6) is 0.528. The van der Waals surface area contributed by atoms with Gasteiger partial charge in [-0.05, 0) is 52.9 Å². The van der Waals surface area contributed by atoms with E-state index in [1.54, 1.807) is 0 Å². The van der Waals surface area contributed by atoms with E-state index < -0.39 is 0 Å². The van der Waals surface area contributed by atoms with Gasteiger partial charge in [0, 0.05) is 0 Å². The fraction of sp³-hybridized carbons (Fsp3) is 0.625. The Balaban J connectivity index is 4.06. The van der Waals surface area contributed by atoms with Crippen molar-refractivity contribution in [3.8, 4) is 0 Å². The summed E-state index contributed by atoms with van der Waals surface area (Å²) in [6.07, 6.45) is 9.89. The lowest BCUT2D eigenvalue weighted by molar-refractivity contribution is 0.340. The van der Waals surface area contributed by atoms with Gasteiger partial charge in [0.2, 0.25) is 0 Å². The summed E-state index contributed by atoms with van der Waals surface area (Å²) in [7, 11) is 0. The van der Waals surface area contributed by atoms with Crippen LogP contribution in [0.25, 0.3) is 0 Å². The molecule has 1 unspecified atom stereocenters.